The van der Waals surface area contributed by atoms with Crippen molar-refractivity contribution >= 4 is 23.1 Å². The van der Waals surface area contributed by atoms with Crippen LogP contribution >= 0.6 is 11.3 Å². The molecule has 0 aliphatic heterocycles. The minimum atomic E-state index is -0.0818. The van der Waals surface area contributed by atoms with Gasteiger partial charge in [0.1, 0.15) is 5.76 Å². The summed E-state index contributed by atoms with van der Waals surface area (Å²) >= 11 is 1.58. The van der Waals surface area contributed by atoms with Crippen molar-refractivity contribution in [2.24, 2.45) is 0 Å². The van der Waals surface area contributed by atoms with Gasteiger partial charge in [0.05, 0.1) is 6.42 Å². The van der Waals surface area contributed by atoms with Crippen molar-refractivity contribution in [3.63, 3.8) is 0 Å². The first-order chi connectivity index (χ1) is 7.24. The molecule has 0 fully saturated rings. The Hall–Kier alpha value is -1.62. The van der Waals surface area contributed by atoms with Gasteiger partial charge in [-0.25, -0.2) is 0 Å². The predicted molar refractivity (Wildman–Crippen MR) is 57.9 cm³/mol. The van der Waals surface area contributed by atoms with Gasteiger partial charge in [-0.3, -0.25) is 4.79 Å². The standard InChI is InChI=1S/C10H10N2O2S/c1-7-4-9(12-14-7)11-10(13)5-8-2-3-15-6-8/h2-4,6H,5H2,1H3,(H,11,12,13). The van der Waals surface area contributed by atoms with E-state index in [1.807, 2.05) is 16.8 Å². The average Bonchev–Trinajstić information content (AvgIpc) is 2.77. The molecule has 1 N–H and O–H groups in total. The molecule has 2 heterocycles. The molecule has 0 aliphatic carbocycles. The van der Waals surface area contributed by atoms with Crippen LogP contribution in [0.1, 0.15) is 11.3 Å². The zero-order valence-electron chi connectivity index (χ0n) is 8.19. The third-order valence-corrected chi connectivity index (χ3v) is 2.57. The monoisotopic (exact) mass is 222 g/mol. The Morgan fingerprint density at radius 3 is 3.13 bits per heavy atom. The Morgan fingerprint density at radius 1 is 1.67 bits per heavy atom. The van der Waals surface area contributed by atoms with E-state index in [4.69, 9.17) is 4.52 Å². The summed E-state index contributed by atoms with van der Waals surface area (Å²) in [5, 5.41) is 10.2. The Kier molecular flexibility index (Phi) is 2.82. The van der Waals surface area contributed by atoms with Crippen LogP contribution in [0.15, 0.2) is 27.4 Å². The third-order valence-electron chi connectivity index (χ3n) is 1.84. The van der Waals surface area contributed by atoms with Gasteiger partial charge >= 0.3 is 0 Å². The van der Waals surface area contributed by atoms with Crippen LogP contribution < -0.4 is 5.32 Å². The van der Waals surface area contributed by atoms with Crippen LogP contribution in [0.4, 0.5) is 5.82 Å². The molecule has 1 amide bonds. The van der Waals surface area contributed by atoms with E-state index in [2.05, 4.69) is 10.5 Å². The summed E-state index contributed by atoms with van der Waals surface area (Å²) in [6.45, 7) is 1.78. The molecule has 0 unspecified atom stereocenters. The van der Waals surface area contributed by atoms with Crippen LogP contribution in [0.5, 0.6) is 0 Å². The van der Waals surface area contributed by atoms with Gasteiger partial charge in [0.15, 0.2) is 5.82 Å². The zero-order chi connectivity index (χ0) is 10.7. The molecule has 78 valence electrons. The van der Waals surface area contributed by atoms with Gasteiger partial charge in [-0.05, 0) is 29.3 Å². The lowest BCUT2D eigenvalue weighted by Crippen LogP contribution is -2.14. The van der Waals surface area contributed by atoms with Crippen molar-refractivity contribution in [2.75, 3.05) is 5.32 Å². The average molecular weight is 222 g/mol. The molecule has 0 saturated heterocycles. The van der Waals surface area contributed by atoms with Gasteiger partial charge in [0.2, 0.25) is 5.91 Å². The highest BCUT2D eigenvalue weighted by Gasteiger charge is 2.06. The number of thiophene rings is 1. The maximum absolute atomic E-state index is 11.5. The molecule has 0 bridgehead atoms. The van der Waals surface area contributed by atoms with E-state index in [-0.39, 0.29) is 5.91 Å². The highest BCUT2D eigenvalue weighted by Crippen LogP contribution is 2.10. The van der Waals surface area contributed by atoms with E-state index >= 15 is 0 Å². The normalized spacial score (nSPS) is 10.2. The summed E-state index contributed by atoms with van der Waals surface area (Å²) in [5.41, 5.74) is 1.01. The molecule has 0 saturated carbocycles. The van der Waals surface area contributed by atoms with Crippen LogP contribution in [-0.4, -0.2) is 11.1 Å². The minimum Gasteiger partial charge on any atom is -0.360 e. The molecule has 4 nitrogen and oxygen atoms in total. The summed E-state index contributed by atoms with van der Waals surface area (Å²) in [5.74, 6) is 1.07. The smallest absolute Gasteiger partial charge is 0.230 e. The number of rotatable bonds is 3. The molecule has 2 rings (SSSR count). The number of hydrogen-bond acceptors (Lipinski definition) is 4. The second-order valence-corrected chi connectivity index (χ2v) is 3.96. The second-order valence-electron chi connectivity index (χ2n) is 3.18. The molecular formula is C10H10N2O2S. The van der Waals surface area contributed by atoms with Crippen molar-refractivity contribution < 1.29 is 9.32 Å². The third kappa shape index (κ3) is 2.66. The van der Waals surface area contributed by atoms with Crippen molar-refractivity contribution in [3.8, 4) is 0 Å². The van der Waals surface area contributed by atoms with Crippen LogP contribution in [0.25, 0.3) is 0 Å². The van der Waals surface area contributed by atoms with Crippen LogP contribution in [0, 0.1) is 6.92 Å². The highest BCUT2D eigenvalue weighted by atomic mass is 32.1. The van der Waals surface area contributed by atoms with Crippen molar-refractivity contribution in [3.05, 3.63) is 34.2 Å². The van der Waals surface area contributed by atoms with Gasteiger partial charge in [0, 0.05) is 6.07 Å². The Morgan fingerprint density at radius 2 is 2.53 bits per heavy atom. The fourth-order valence-corrected chi connectivity index (χ4v) is 1.86. The first kappa shape index (κ1) is 9.92. The highest BCUT2D eigenvalue weighted by molar-refractivity contribution is 7.08. The first-order valence-corrected chi connectivity index (χ1v) is 5.42. The van der Waals surface area contributed by atoms with Crippen LogP contribution in [-0.2, 0) is 11.2 Å². The Bertz CT molecular complexity index is 448. The molecule has 2 aromatic rings. The largest absolute Gasteiger partial charge is 0.360 e. The summed E-state index contributed by atoms with van der Waals surface area (Å²) < 4.78 is 4.84. The second kappa shape index (κ2) is 4.27. The lowest BCUT2D eigenvalue weighted by atomic mass is 10.2. The molecule has 0 atom stereocenters. The van der Waals surface area contributed by atoms with Crippen molar-refractivity contribution in [1.82, 2.24) is 5.16 Å². The number of anilines is 1. The van der Waals surface area contributed by atoms with Gasteiger partial charge in [-0.1, -0.05) is 5.16 Å². The maximum Gasteiger partial charge on any atom is 0.230 e. The Balaban J connectivity index is 1.93. The predicted octanol–water partition coefficient (Wildman–Crippen LogP) is 2.23. The van der Waals surface area contributed by atoms with Gasteiger partial charge in [0.25, 0.3) is 0 Å². The summed E-state index contributed by atoms with van der Waals surface area (Å²) in [4.78, 5) is 11.5. The number of nitrogens with zero attached hydrogens (tertiary/aromatic N) is 1. The van der Waals surface area contributed by atoms with Gasteiger partial charge in [-0.15, -0.1) is 0 Å². The molecule has 0 radical (unpaired) electrons. The molecule has 0 spiro atoms. The zero-order valence-corrected chi connectivity index (χ0v) is 9.00. The SMILES string of the molecule is Cc1cc(NC(=O)Cc2ccsc2)no1. The van der Waals surface area contributed by atoms with Crippen molar-refractivity contribution in [2.45, 2.75) is 13.3 Å². The number of aryl methyl sites for hydroxylation is 1. The Labute approximate surface area is 90.9 Å². The molecular weight excluding hydrogens is 212 g/mol. The van der Waals surface area contributed by atoms with E-state index in [0.29, 0.717) is 18.0 Å². The van der Waals surface area contributed by atoms with E-state index < -0.39 is 0 Å². The summed E-state index contributed by atoms with van der Waals surface area (Å²) in [6, 6.07) is 3.61. The summed E-state index contributed by atoms with van der Waals surface area (Å²) in [7, 11) is 0. The van der Waals surface area contributed by atoms with Crippen molar-refractivity contribution in [1.29, 1.82) is 0 Å². The van der Waals surface area contributed by atoms with Crippen LogP contribution in [0.2, 0.25) is 0 Å². The lowest BCUT2D eigenvalue weighted by molar-refractivity contribution is -0.115. The number of hydrogen-bond donors (Lipinski definition) is 1. The minimum absolute atomic E-state index is 0.0818. The quantitative estimate of drug-likeness (QED) is 0.866. The lowest BCUT2D eigenvalue weighted by Gasteiger charge is -1.98. The van der Waals surface area contributed by atoms with E-state index in [1.165, 1.54) is 0 Å². The first-order valence-electron chi connectivity index (χ1n) is 4.48. The molecule has 0 aliphatic rings. The summed E-state index contributed by atoms with van der Waals surface area (Å²) in [6.07, 6.45) is 0.370. The van der Waals surface area contributed by atoms with Gasteiger partial charge in [-0.2, -0.15) is 11.3 Å². The van der Waals surface area contributed by atoms with E-state index in [0.717, 1.165) is 5.56 Å². The van der Waals surface area contributed by atoms with Gasteiger partial charge < -0.3 is 9.84 Å². The topological polar surface area (TPSA) is 55.1 Å². The molecule has 15 heavy (non-hydrogen) atoms. The molecule has 0 aromatic carbocycles. The molecule has 2 aromatic heterocycles. The number of amides is 1. The fourth-order valence-electron chi connectivity index (χ4n) is 1.19. The van der Waals surface area contributed by atoms with E-state index in [1.54, 1.807) is 24.3 Å². The number of aromatic nitrogens is 1. The maximum atomic E-state index is 11.5. The fraction of sp³-hybridized carbons (Fsp3) is 0.200. The number of carbonyl (C=O) groups excluding carboxylic acids is 1. The van der Waals surface area contributed by atoms with Crippen LogP contribution in [0.3, 0.4) is 0 Å². The number of carbonyl (C=O) groups is 1. The molecule has 5 heteroatoms. The van der Waals surface area contributed by atoms with E-state index in [9.17, 15) is 4.79 Å². The number of nitrogens with one attached hydrogen (secondary N) is 1.